The molecule has 0 bridgehead atoms. The lowest BCUT2D eigenvalue weighted by Gasteiger charge is -2.36. The number of aromatic nitrogens is 2. The number of hydrogen-bond donors (Lipinski definition) is 1. The Bertz CT molecular complexity index is 380. The molecule has 1 aromatic rings. The van der Waals surface area contributed by atoms with Crippen molar-refractivity contribution in [3.63, 3.8) is 0 Å². The smallest absolute Gasteiger partial charge is 0.307 e. The predicted molar refractivity (Wildman–Crippen MR) is 57.9 cm³/mol. The monoisotopic (exact) mass is 220 g/mol. The summed E-state index contributed by atoms with van der Waals surface area (Å²) >= 11 is 0. The Morgan fingerprint density at radius 3 is 2.88 bits per heavy atom. The fourth-order valence-electron chi connectivity index (χ4n) is 3.14. The summed E-state index contributed by atoms with van der Waals surface area (Å²) in [6.45, 7) is 0. The molecular weight excluding hydrogens is 204 g/mol. The van der Waals surface area contributed by atoms with Gasteiger partial charge in [-0.25, -0.2) is 4.98 Å². The molecule has 2 fully saturated rings. The molecule has 4 heteroatoms. The zero-order valence-corrected chi connectivity index (χ0v) is 9.24. The lowest BCUT2D eigenvalue weighted by atomic mass is 9.74. The van der Waals surface area contributed by atoms with E-state index in [1.807, 2.05) is 6.20 Å². The molecule has 1 aliphatic heterocycles. The molecule has 1 aromatic heterocycles. The number of carbonyl (C=O) groups excluding carboxylic acids is 1. The van der Waals surface area contributed by atoms with Crippen LogP contribution in [-0.2, 0) is 9.53 Å². The summed E-state index contributed by atoms with van der Waals surface area (Å²) in [6, 6.07) is 0. The first kappa shape index (κ1) is 9.87. The minimum Gasteiger partial charge on any atom is -0.458 e. The van der Waals surface area contributed by atoms with E-state index in [-0.39, 0.29) is 17.5 Å². The zero-order valence-electron chi connectivity index (χ0n) is 9.24. The maximum Gasteiger partial charge on any atom is 0.307 e. The van der Waals surface area contributed by atoms with Gasteiger partial charge in [-0.15, -0.1) is 0 Å². The molecular formula is C12H16N2O2. The van der Waals surface area contributed by atoms with E-state index >= 15 is 0 Å². The van der Waals surface area contributed by atoms with Gasteiger partial charge in [0.1, 0.15) is 5.60 Å². The molecule has 4 nitrogen and oxygen atoms in total. The molecule has 1 unspecified atom stereocenters. The Balaban J connectivity index is 1.93. The van der Waals surface area contributed by atoms with Crippen molar-refractivity contribution >= 4 is 5.97 Å². The summed E-state index contributed by atoms with van der Waals surface area (Å²) < 4.78 is 5.64. The average Bonchev–Trinajstić information content (AvgIpc) is 2.88. The summed E-state index contributed by atoms with van der Waals surface area (Å²) in [7, 11) is 0. The normalized spacial score (nSPS) is 28.2. The number of esters is 1. The van der Waals surface area contributed by atoms with Crippen molar-refractivity contribution in [3.05, 3.63) is 18.2 Å². The Labute approximate surface area is 94.4 Å². The number of H-pyrrole nitrogens is 1. The van der Waals surface area contributed by atoms with Crippen LogP contribution < -0.4 is 0 Å². The van der Waals surface area contributed by atoms with Crippen molar-refractivity contribution < 1.29 is 9.53 Å². The molecule has 86 valence electrons. The second-order valence-electron chi connectivity index (χ2n) is 4.86. The van der Waals surface area contributed by atoms with Crippen LogP contribution in [0.1, 0.15) is 50.1 Å². The predicted octanol–water partition coefficient (Wildman–Crippen LogP) is 2.14. The number of rotatable bonds is 1. The number of nitrogens with zero attached hydrogens (tertiary/aromatic N) is 1. The van der Waals surface area contributed by atoms with Crippen LogP contribution in [0.5, 0.6) is 0 Å². The van der Waals surface area contributed by atoms with Gasteiger partial charge in [0.2, 0.25) is 0 Å². The molecule has 3 rings (SSSR count). The fourth-order valence-corrected chi connectivity index (χ4v) is 3.14. The lowest BCUT2D eigenvalue weighted by molar-refractivity contribution is -0.151. The fraction of sp³-hybridized carbons (Fsp3) is 0.667. The van der Waals surface area contributed by atoms with Gasteiger partial charge in [-0.2, -0.15) is 0 Å². The SMILES string of the molecule is O=C1CC(c2cnc[nH]2)C2(CCCCC2)O1. The first-order chi connectivity index (χ1) is 7.80. The van der Waals surface area contributed by atoms with Gasteiger partial charge in [0.25, 0.3) is 0 Å². The van der Waals surface area contributed by atoms with E-state index in [0.717, 1.165) is 31.4 Å². The van der Waals surface area contributed by atoms with Crippen molar-refractivity contribution in [2.75, 3.05) is 0 Å². The van der Waals surface area contributed by atoms with Gasteiger partial charge in [-0.3, -0.25) is 4.79 Å². The number of nitrogens with one attached hydrogen (secondary N) is 1. The zero-order chi connectivity index (χ0) is 11.0. The van der Waals surface area contributed by atoms with Crippen molar-refractivity contribution in [3.8, 4) is 0 Å². The molecule has 1 N–H and O–H groups in total. The second kappa shape index (κ2) is 3.61. The van der Waals surface area contributed by atoms with E-state index in [1.54, 1.807) is 6.33 Å². The van der Waals surface area contributed by atoms with E-state index in [0.29, 0.717) is 6.42 Å². The number of ether oxygens (including phenoxy) is 1. The Morgan fingerprint density at radius 1 is 1.38 bits per heavy atom. The molecule has 0 radical (unpaired) electrons. The van der Waals surface area contributed by atoms with Gasteiger partial charge in [-0.05, 0) is 25.7 Å². The van der Waals surface area contributed by atoms with E-state index in [1.165, 1.54) is 6.42 Å². The lowest BCUT2D eigenvalue weighted by Crippen LogP contribution is -2.36. The molecule has 1 aliphatic carbocycles. The molecule has 0 aromatic carbocycles. The van der Waals surface area contributed by atoms with Crippen molar-refractivity contribution in [1.29, 1.82) is 0 Å². The maximum atomic E-state index is 11.6. The topological polar surface area (TPSA) is 55.0 Å². The summed E-state index contributed by atoms with van der Waals surface area (Å²) in [5.74, 6) is 0.129. The van der Waals surface area contributed by atoms with Gasteiger partial charge >= 0.3 is 5.97 Å². The molecule has 1 saturated carbocycles. The first-order valence-electron chi connectivity index (χ1n) is 6.00. The molecule has 0 amide bonds. The molecule has 16 heavy (non-hydrogen) atoms. The molecule has 1 saturated heterocycles. The first-order valence-corrected chi connectivity index (χ1v) is 6.00. The third-order valence-corrected chi connectivity index (χ3v) is 3.92. The Hall–Kier alpha value is -1.32. The molecule has 1 atom stereocenters. The quantitative estimate of drug-likeness (QED) is 0.738. The van der Waals surface area contributed by atoms with Gasteiger partial charge in [0.05, 0.1) is 18.7 Å². The molecule has 1 spiro atoms. The summed E-state index contributed by atoms with van der Waals surface area (Å²) in [5.41, 5.74) is 0.815. The summed E-state index contributed by atoms with van der Waals surface area (Å²) in [5, 5.41) is 0. The number of hydrogen-bond acceptors (Lipinski definition) is 3. The number of imidazole rings is 1. The Kier molecular flexibility index (Phi) is 2.23. The highest BCUT2D eigenvalue weighted by Crippen LogP contribution is 2.48. The van der Waals surface area contributed by atoms with Crippen LogP contribution in [0, 0.1) is 0 Å². The van der Waals surface area contributed by atoms with Gasteiger partial charge in [0, 0.05) is 11.9 Å². The van der Waals surface area contributed by atoms with Crippen LogP contribution in [0.15, 0.2) is 12.5 Å². The van der Waals surface area contributed by atoms with Crippen LogP contribution in [0.4, 0.5) is 0 Å². The maximum absolute atomic E-state index is 11.6. The van der Waals surface area contributed by atoms with Crippen LogP contribution in [0.3, 0.4) is 0 Å². The van der Waals surface area contributed by atoms with Gasteiger partial charge in [0.15, 0.2) is 0 Å². The Morgan fingerprint density at radius 2 is 2.19 bits per heavy atom. The van der Waals surface area contributed by atoms with Crippen LogP contribution in [-0.4, -0.2) is 21.5 Å². The van der Waals surface area contributed by atoms with E-state index in [9.17, 15) is 4.79 Å². The minimum absolute atomic E-state index is 0.0542. The van der Waals surface area contributed by atoms with Crippen molar-refractivity contribution in [1.82, 2.24) is 9.97 Å². The minimum atomic E-state index is -0.234. The van der Waals surface area contributed by atoms with E-state index in [4.69, 9.17) is 4.74 Å². The summed E-state index contributed by atoms with van der Waals surface area (Å²) in [6.07, 6.45) is 9.59. The number of carbonyl (C=O) groups is 1. The van der Waals surface area contributed by atoms with E-state index in [2.05, 4.69) is 9.97 Å². The van der Waals surface area contributed by atoms with Crippen LogP contribution in [0.25, 0.3) is 0 Å². The highest BCUT2D eigenvalue weighted by molar-refractivity contribution is 5.74. The van der Waals surface area contributed by atoms with Crippen molar-refractivity contribution in [2.45, 2.75) is 50.0 Å². The number of aromatic amines is 1. The third-order valence-electron chi connectivity index (χ3n) is 3.92. The third kappa shape index (κ3) is 1.44. The highest BCUT2D eigenvalue weighted by atomic mass is 16.6. The van der Waals surface area contributed by atoms with E-state index < -0.39 is 0 Å². The highest BCUT2D eigenvalue weighted by Gasteiger charge is 2.50. The largest absolute Gasteiger partial charge is 0.458 e. The molecule has 2 heterocycles. The second-order valence-corrected chi connectivity index (χ2v) is 4.86. The standard InChI is InChI=1S/C12H16N2O2/c15-11-6-9(10-7-13-8-14-10)12(16-11)4-2-1-3-5-12/h7-9H,1-6H2,(H,13,14). The van der Waals surface area contributed by atoms with Crippen LogP contribution in [0.2, 0.25) is 0 Å². The van der Waals surface area contributed by atoms with Gasteiger partial charge in [-0.1, -0.05) is 6.42 Å². The average molecular weight is 220 g/mol. The van der Waals surface area contributed by atoms with Gasteiger partial charge < -0.3 is 9.72 Å². The van der Waals surface area contributed by atoms with Crippen LogP contribution >= 0.6 is 0 Å². The van der Waals surface area contributed by atoms with Crippen molar-refractivity contribution in [2.24, 2.45) is 0 Å². The molecule has 2 aliphatic rings. The summed E-state index contributed by atoms with van der Waals surface area (Å²) in [4.78, 5) is 18.7.